The summed E-state index contributed by atoms with van der Waals surface area (Å²) in [7, 11) is 0. The molecule has 1 aromatic rings. The average molecular weight is 413 g/mol. The molecular formula is C24H36N4O2. The maximum atomic E-state index is 13.2. The number of hydrogen-bond acceptors (Lipinski definition) is 5. The summed E-state index contributed by atoms with van der Waals surface area (Å²) < 4.78 is 5.91. The van der Waals surface area contributed by atoms with Gasteiger partial charge in [0, 0.05) is 51.9 Å². The van der Waals surface area contributed by atoms with Crippen LogP contribution in [0.2, 0.25) is 0 Å². The van der Waals surface area contributed by atoms with Crippen LogP contribution in [-0.2, 0) is 11.2 Å². The number of morpholine rings is 1. The van der Waals surface area contributed by atoms with E-state index >= 15 is 0 Å². The lowest BCUT2D eigenvalue weighted by molar-refractivity contribution is -0.0864. The molecule has 0 saturated carbocycles. The molecule has 2 fully saturated rings. The molecule has 6 nitrogen and oxygen atoms in total. The van der Waals surface area contributed by atoms with Crippen LogP contribution in [0.25, 0.3) is 0 Å². The van der Waals surface area contributed by atoms with E-state index in [2.05, 4.69) is 45.6 Å². The van der Waals surface area contributed by atoms with Crippen LogP contribution in [0.3, 0.4) is 0 Å². The molecule has 4 aliphatic rings. The molecular weight excluding hydrogens is 376 g/mol. The predicted octanol–water partition coefficient (Wildman–Crippen LogP) is 2.08. The molecule has 0 N–H and O–H groups in total. The molecule has 4 aliphatic heterocycles. The number of para-hydroxylation sites is 1. The van der Waals surface area contributed by atoms with Crippen molar-refractivity contribution in [3.63, 3.8) is 0 Å². The lowest BCUT2D eigenvalue weighted by Gasteiger charge is -2.43. The Morgan fingerprint density at radius 1 is 0.967 bits per heavy atom. The first kappa shape index (κ1) is 20.3. The van der Waals surface area contributed by atoms with Crippen LogP contribution in [0.1, 0.15) is 42.6 Å². The average Bonchev–Trinajstić information content (AvgIpc) is 3.10. The Morgan fingerprint density at radius 3 is 2.50 bits per heavy atom. The van der Waals surface area contributed by atoms with Crippen LogP contribution in [0.4, 0.5) is 5.69 Å². The van der Waals surface area contributed by atoms with Crippen molar-refractivity contribution in [3.8, 4) is 0 Å². The van der Waals surface area contributed by atoms with Crippen LogP contribution in [0.15, 0.2) is 18.2 Å². The van der Waals surface area contributed by atoms with Gasteiger partial charge in [0.05, 0.1) is 23.5 Å². The number of amides is 1. The van der Waals surface area contributed by atoms with Crippen molar-refractivity contribution < 1.29 is 9.53 Å². The molecule has 0 radical (unpaired) electrons. The van der Waals surface area contributed by atoms with Crippen molar-refractivity contribution in [3.05, 3.63) is 29.3 Å². The number of likely N-dealkylation sites (tertiary alicyclic amines) is 1. The van der Waals surface area contributed by atoms with Crippen molar-refractivity contribution in [1.82, 2.24) is 14.7 Å². The molecule has 1 aromatic carbocycles. The summed E-state index contributed by atoms with van der Waals surface area (Å²) in [5.74, 6) is 0.224. The highest BCUT2D eigenvalue weighted by molar-refractivity contribution is 6.01. The SMILES string of the molecule is CC1CN(C2CCN(CCN3CCN4CCc5cccc(c54)C3=O)CC2)CC(C)O1. The second kappa shape index (κ2) is 8.48. The quantitative estimate of drug-likeness (QED) is 0.757. The molecule has 6 heteroatoms. The minimum atomic E-state index is 0.224. The van der Waals surface area contributed by atoms with Gasteiger partial charge in [0.25, 0.3) is 5.91 Å². The van der Waals surface area contributed by atoms with Gasteiger partial charge in [-0.25, -0.2) is 0 Å². The third-order valence-electron chi connectivity index (χ3n) is 7.45. The fourth-order valence-electron chi connectivity index (χ4n) is 5.94. The van der Waals surface area contributed by atoms with Gasteiger partial charge in [-0.2, -0.15) is 0 Å². The van der Waals surface area contributed by atoms with E-state index in [0.717, 1.165) is 70.9 Å². The van der Waals surface area contributed by atoms with Crippen molar-refractivity contribution in [2.45, 2.75) is 51.4 Å². The van der Waals surface area contributed by atoms with E-state index in [1.54, 1.807) is 0 Å². The largest absolute Gasteiger partial charge is 0.373 e. The number of ether oxygens (including phenoxy) is 1. The van der Waals surface area contributed by atoms with Gasteiger partial charge in [0.1, 0.15) is 0 Å². The van der Waals surface area contributed by atoms with Crippen LogP contribution in [0.5, 0.6) is 0 Å². The van der Waals surface area contributed by atoms with Crippen molar-refractivity contribution in [2.24, 2.45) is 0 Å². The molecule has 164 valence electrons. The first-order valence-electron chi connectivity index (χ1n) is 11.9. The van der Waals surface area contributed by atoms with Gasteiger partial charge in [-0.3, -0.25) is 9.69 Å². The smallest absolute Gasteiger partial charge is 0.256 e. The lowest BCUT2D eigenvalue weighted by Crippen LogP contribution is -2.53. The third-order valence-corrected chi connectivity index (χ3v) is 7.45. The number of benzene rings is 1. The third kappa shape index (κ3) is 3.97. The summed E-state index contributed by atoms with van der Waals surface area (Å²) in [5.41, 5.74) is 3.47. The van der Waals surface area contributed by atoms with Crippen LogP contribution < -0.4 is 4.90 Å². The molecule has 0 aromatic heterocycles. The van der Waals surface area contributed by atoms with Gasteiger partial charge in [0.15, 0.2) is 0 Å². The minimum Gasteiger partial charge on any atom is -0.373 e. The van der Waals surface area contributed by atoms with Crippen LogP contribution in [0, 0.1) is 0 Å². The van der Waals surface area contributed by atoms with E-state index in [1.165, 1.54) is 24.1 Å². The van der Waals surface area contributed by atoms with Gasteiger partial charge < -0.3 is 19.4 Å². The number of piperidine rings is 1. The number of rotatable bonds is 4. The first-order valence-corrected chi connectivity index (χ1v) is 11.9. The monoisotopic (exact) mass is 412 g/mol. The maximum Gasteiger partial charge on any atom is 0.256 e. The molecule has 30 heavy (non-hydrogen) atoms. The molecule has 0 aliphatic carbocycles. The van der Waals surface area contributed by atoms with Gasteiger partial charge in [0.2, 0.25) is 0 Å². The summed E-state index contributed by atoms with van der Waals surface area (Å²) in [5, 5.41) is 0. The van der Waals surface area contributed by atoms with Crippen molar-refractivity contribution in [2.75, 3.05) is 63.8 Å². The topological polar surface area (TPSA) is 39.3 Å². The number of carbonyl (C=O) groups is 1. The Hall–Kier alpha value is -1.63. The zero-order valence-corrected chi connectivity index (χ0v) is 18.6. The van der Waals surface area contributed by atoms with E-state index in [4.69, 9.17) is 4.74 Å². The zero-order chi connectivity index (χ0) is 20.7. The molecule has 2 unspecified atom stereocenters. The molecule has 2 saturated heterocycles. The zero-order valence-electron chi connectivity index (χ0n) is 18.6. The maximum absolute atomic E-state index is 13.2. The van der Waals surface area contributed by atoms with Gasteiger partial charge in [-0.05, 0) is 57.8 Å². The summed E-state index contributed by atoms with van der Waals surface area (Å²) in [6, 6.07) is 6.94. The van der Waals surface area contributed by atoms with E-state index in [1.807, 2.05) is 6.07 Å². The second-order valence-electron chi connectivity index (χ2n) is 9.63. The Bertz CT molecular complexity index is 766. The standard InChI is InChI=1S/C24H36N4O2/c1-18-16-28(17-19(2)30-18)21-7-9-25(10-8-21)12-13-27-15-14-26-11-6-20-4-3-5-22(23(20)26)24(27)29/h3-5,18-19,21H,6-17H2,1-2H3. The normalized spacial score (nSPS) is 28.7. The summed E-state index contributed by atoms with van der Waals surface area (Å²) >= 11 is 0. The van der Waals surface area contributed by atoms with E-state index in [9.17, 15) is 4.79 Å². The fourth-order valence-corrected chi connectivity index (χ4v) is 5.94. The summed E-state index contributed by atoms with van der Waals surface area (Å²) in [4.78, 5) is 22.9. The molecule has 0 bridgehead atoms. The van der Waals surface area contributed by atoms with E-state index in [0.29, 0.717) is 18.2 Å². The summed E-state index contributed by atoms with van der Waals surface area (Å²) in [6.45, 7) is 13.5. The van der Waals surface area contributed by atoms with Gasteiger partial charge >= 0.3 is 0 Å². The Kier molecular flexibility index (Phi) is 5.73. The first-order chi connectivity index (χ1) is 14.6. The minimum absolute atomic E-state index is 0.224. The van der Waals surface area contributed by atoms with Gasteiger partial charge in [-0.1, -0.05) is 12.1 Å². The fraction of sp³-hybridized carbons (Fsp3) is 0.708. The Balaban J connectivity index is 1.15. The van der Waals surface area contributed by atoms with Crippen molar-refractivity contribution >= 4 is 11.6 Å². The second-order valence-corrected chi connectivity index (χ2v) is 9.63. The number of nitrogens with zero attached hydrogens (tertiary/aromatic N) is 4. The molecule has 1 amide bonds. The van der Waals surface area contributed by atoms with Gasteiger partial charge in [-0.15, -0.1) is 0 Å². The highest BCUT2D eigenvalue weighted by atomic mass is 16.5. The van der Waals surface area contributed by atoms with E-state index < -0.39 is 0 Å². The molecule has 2 atom stereocenters. The highest BCUT2D eigenvalue weighted by Gasteiger charge is 2.33. The number of hydrogen-bond donors (Lipinski definition) is 0. The predicted molar refractivity (Wildman–Crippen MR) is 119 cm³/mol. The highest BCUT2D eigenvalue weighted by Crippen LogP contribution is 2.34. The molecule has 4 heterocycles. The Labute approximate surface area is 180 Å². The van der Waals surface area contributed by atoms with Crippen molar-refractivity contribution in [1.29, 1.82) is 0 Å². The van der Waals surface area contributed by atoms with E-state index in [-0.39, 0.29) is 5.91 Å². The number of carbonyl (C=O) groups excluding carboxylic acids is 1. The Morgan fingerprint density at radius 2 is 1.73 bits per heavy atom. The summed E-state index contributed by atoms with van der Waals surface area (Å²) in [6.07, 6.45) is 4.22. The number of anilines is 1. The molecule has 0 spiro atoms. The molecule has 5 rings (SSSR count). The lowest BCUT2D eigenvalue weighted by atomic mass is 10.0. The van der Waals surface area contributed by atoms with Crippen LogP contribution in [-0.4, -0.2) is 97.8 Å². The van der Waals surface area contributed by atoms with Crippen LogP contribution >= 0.6 is 0 Å².